The van der Waals surface area contributed by atoms with E-state index in [4.69, 9.17) is 4.74 Å². The molecule has 1 amide bonds. The molecule has 160 valence electrons. The van der Waals surface area contributed by atoms with Gasteiger partial charge in [-0.05, 0) is 55.2 Å². The molecule has 30 heavy (non-hydrogen) atoms. The van der Waals surface area contributed by atoms with Gasteiger partial charge in [-0.2, -0.15) is 5.26 Å². The van der Waals surface area contributed by atoms with Gasteiger partial charge >= 0.3 is 0 Å². The van der Waals surface area contributed by atoms with Crippen LogP contribution in [0.25, 0.3) is 0 Å². The molecule has 0 aromatic heterocycles. The predicted molar refractivity (Wildman–Crippen MR) is 110 cm³/mol. The highest BCUT2D eigenvalue weighted by Gasteiger charge is 2.43. The fourth-order valence-electron chi connectivity index (χ4n) is 5.75. The molecule has 3 aliphatic heterocycles. The molecule has 1 aromatic carbocycles. The molecule has 3 heterocycles. The Kier molecular flexibility index (Phi) is 5.38. The smallest absolute Gasteiger partial charge is 0.238 e. The van der Waals surface area contributed by atoms with Crippen molar-refractivity contribution in [2.24, 2.45) is 17.8 Å². The zero-order chi connectivity index (χ0) is 20.7. The number of hydrogen-bond acceptors (Lipinski definition) is 5. The molecule has 4 aliphatic rings. The van der Waals surface area contributed by atoms with Crippen molar-refractivity contribution in [3.8, 4) is 6.07 Å². The quantitative estimate of drug-likeness (QED) is 0.774. The highest BCUT2D eigenvalue weighted by atomic mass is 19.1. The number of nitrogens with zero attached hydrogens (tertiary/aromatic N) is 2. The van der Waals surface area contributed by atoms with Crippen molar-refractivity contribution in [1.82, 2.24) is 10.6 Å². The highest BCUT2D eigenvalue weighted by molar-refractivity contribution is 5.83. The lowest BCUT2D eigenvalue weighted by Crippen LogP contribution is -2.50. The van der Waals surface area contributed by atoms with Gasteiger partial charge < -0.3 is 20.3 Å². The Morgan fingerprint density at radius 2 is 2.17 bits per heavy atom. The van der Waals surface area contributed by atoms with E-state index >= 15 is 0 Å². The van der Waals surface area contributed by atoms with Gasteiger partial charge in [-0.1, -0.05) is 6.07 Å². The summed E-state index contributed by atoms with van der Waals surface area (Å²) in [6.45, 7) is 3.46. The van der Waals surface area contributed by atoms with E-state index in [-0.39, 0.29) is 24.2 Å². The van der Waals surface area contributed by atoms with E-state index in [1.165, 1.54) is 0 Å². The molecule has 1 saturated carbocycles. The largest absolute Gasteiger partial charge is 0.381 e. The lowest BCUT2D eigenvalue weighted by atomic mass is 9.88. The van der Waals surface area contributed by atoms with Crippen molar-refractivity contribution in [2.45, 2.75) is 50.2 Å². The Morgan fingerprint density at radius 3 is 2.90 bits per heavy atom. The molecular formula is C23H29FN4O2. The molecule has 6 atom stereocenters. The minimum Gasteiger partial charge on any atom is -0.381 e. The molecule has 6 unspecified atom stereocenters. The Bertz CT molecular complexity index is 856. The number of carbonyl (C=O) groups excluding carboxylic acids is 1. The van der Waals surface area contributed by atoms with E-state index in [2.05, 4.69) is 21.6 Å². The molecule has 2 bridgehead atoms. The zero-order valence-electron chi connectivity index (χ0n) is 17.1. The van der Waals surface area contributed by atoms with Crippen LogP contribution >= 0.6 is 0 Å². The third-order valence-corrected chi connectivity index (χ3v) is 7.50. The van der Waals surface area contributed by atoms with Gasteiger partial charge in [0.05, 0.1) is 18.7 Å². The molecule has 0 radical (unpaired) electrons. The topological polar surface area (TPSA) is 77.4 Å². The number of ether oxygens (including phenoxy) is 1. The molecule has 5 rings (SSSR count). The van der Waals surface area contributed by atoms with Crippen LogP contribution in [0.5, 0.6) is 0 Å². The molecule has 2 N–H and O–H groups in total. The number of nitrogens with one attached hydrogen (secondary N) is 2. The van der Waals surface area contributed by atoms with Crippen LogP contribution in [-0.4, -0.2) is 50.3 Å². The summed E-state index contributed by atoms with van der Waals surface area (Å²) in [6.07, 6.45) is 4.48. The van der Waals surface area contributed by atoms with Crippen LogP contribution < -0.4 is 15.5 Å². The minimum absolute atomic E-state index is 0.132. The summed E-state index contributed by atoms with van der Waals surface area (Å²) >= 11 is 0. The van der Waals surface area contributed by atoms with Crippen molar-refractivity contribution in [3.63, 3.8) is 0 Å². The van der Waals surface area contributed by atoms with E-state index in [9.17, 15) is 14.4 Å². The van der Waals surface area contributed by atoms with Crippen LogP contribution in [0.3, 0.4) is 0 Å². The van der Waals surface area contributed by atoms with Crippen molar-refractivity contribution in [1.29, 1.82) is 5.26 Å². The van der Waals surface area contributed by atoms with Crippen LogP contribution in [0.4, 0.5) is 10.1 Å². The predicted octanol–water partition coefficient (Wildman–Crippen LogP) is 1.99. The normalized spacial score (nSPS) is 33.2. The molecule has 1 aliphatic carbocycles. The first-order valence-electron chi connectivity index (χ1n) is 11.2. The molecule has 1 aromatic rings. The molecule has 4 fully saturated rings. The maximum Gasteiger partial charge on any atom is 0.238 e. The van der Waals surface area contributed by atoms with E-state index in [0.29, 0.717) is 29.4 Å². The lowest BCUT2D eigenvalue weighted by molar-refractivity contribution is -0.124. The fourth-order valence-corrected chi connectivity index (χ4v) is 5.75. The summed E-state index contributed by atoms with van der Waals surface area (Å²) in [5.41, 5.74) is 1.34. The number of carbonyl (C=O) groups is 1. The number of rotatable bonds is 5. The Morgan fingerprint density at radius 1 is 1.30 bits per heavy atom. The van der Waals surface area contributed by atoms with E-state index in [1.54, 1.807) is 12.1 Å². The van der Waals surface area contributed by atoms with Gasteiger partial charge in [-0.3, -0.25) is 4.79 Å². The second-order valence-corrected chi connectivity index (χ2v) is 9.38. The van der Waals surface area contributed by atoms with Gasteiger partial charge in [0.1, 0.15) is 11.9 Å². The second kappa shape index (κ2) is 8.16. The third-order valence-electron chi connectivity index (χ3n) is 7.50. The highest BCUT2D eigenvalue weighted by Crippen LogP contribution is 2.35. The standard InChI is InChI=1S/C23H29FN4O2/c24-21-9-20(28-6-5-16-12-30-13-17(16)11-28)4-2-14(21)7-19(10-25)27-23(29)22-15-1-3-18(8-15)26-22/h2,4,9,15-19,22,26H,1,3,5-8,11-13H2,(H,27,29). The first-order chi connectivity index (χ1) is 14.6. The lowest BCUT2D eigenvalue weighted by Gasteiger charge is -2.35. The number of nitriles is 1. The van der Waals surface area contributed by atoms with Crippen LogP contribution in [0.15, 0.2) is 18.2 Å². The van der Waals surface area contributed by atoms with E-state index < -0.39 is 6.04 Å². The minimum atomic E-state index is -0.731. The Labute approximate surface area is 176 Å². The van der Waals surface area contributed by atoms with Crippen LogP contribution in [0.2, 0.25) is 0 Å². The fraction of sp³-hybridized carbons (Fsp3) is 0.652. The van der Waals surface area contributed by atoms with E-state index in [0.717, 1.165) is 57.7 Å². The van der Waals surface area contributed by atoms with E-state index in [1.807, 2.05) is 6.07 Å². The summed E-state index contributed by atoms with van der Waals surface area (Å²) in [7, 11) is 0. The van der Waals surface area contributed by atoms with Crippen molar-refractivity contribution < 1.29 is 13.9 Å². The van der Waals surface area contributed by atoms with Gasteiger partial charge in [0.2, 0.25) is 5.91 Å². The van der Waals surface area contributed by atoms with Gasteiger partial charge in [0.25, 0.3) is 0 Å². The molecule has 6 nitrogen and oxygen atoms in total. The Hall–Kier alpha value is -2.17. The third kappa shape index (κ3) is 3.79. The molecular weight excluding hydrogens is 383 g/mol. The summed E-state index contributed by atoms with van der Waals surface area (Å²) in [5, 5.41) is 15.7. The average molecular weight is 413 g/mol. The summed E-state index contributed by atoms with van der Waals surface area (Å²) in [6, 6.07) is 6.87. The SMILES string of the molecule is N#CC(Cc1ccc(N2CCC3COCC3C2)cc1F)NC(=O)C1NC2CCC1C2. The number of piperidine rings is 2. The number of halogens is 1. The molecule has 7 heteroatoms. The second-order valence-electron chi connectivity index (χ2n) is 9.38. The van der Waals surface area contributed by atoms with Crippen LogP contribution in [0.1, 0.15) is 31.2 Å². The molecule has 3 saturated heterocycles. The number of anilines is 1. The van der Waals surface area contributed by atoms with Crippen LogP contribution in [0, 0.1) is 34.9 Å². The van der Waals surface area contributed by atoms with Gasteiger partial charge in [-0.15, -0.1) is 0 Å². The summed E-state index contributed by atoms with van der Waals surface area (Å²) in [4.78, 5) is 14.8. The molecule has 0 spiro atoms. The average Bonchev–Trinajstić information content (AvgIpc) is 3.50. The monoisotopic (exact) mass is 412 g/mol. The number of fused-ring (bicyclic) bond motifs is 3. The van der Waals surface area contributed by atoms with Gasteiger partial charge in [0.15, 0.2) is 0 Å². The number of amides is 1. The first kappa shape index (κ1) is 19.8. The Balaban J connectivity index is 1.21. The zero-order valence-corrected chi connectivity index (χ0v) is 17.1. The maximum atomic E-state index is 14.8. The van der Waals surface area contributed by atoms with Crippen molar-refractivity contribution in [3.05, 3.63) is 29.6 Å². The maximum absolute atomic E-state index is 14.8. The summed E-state index contributed by atoms with van der Waals surface area (Å²) < 4.78 is 20.4. The van der Waals surface area contributed by atoms with Crippen molar-refractivity contribution in [2.75, 3.05) is 31.2 Å². The van der Waals surface area contributed by atoms with Gasteiger partial charge in [-0.25, -0.2) is 4.39 Å². The number of hydrogen-bond donors (Lipinski definition) is 2. The first-order valence-corrected chi connectivity index (χ1v) is 11.2. The number of benzene rings is 1. The summed E-state index contributed by atoms with van der Waals surface area (Å²) in [5.74, 6) is 1.08. The van der Waals surface area contributed by atoms with Crippen molar-refractivity contribution >= 4 is 11.6 Å². The van der Waals surface area contributed by atoms with Crippen LogP contribution in [-0.2, 0) is 16.0 Å². The van der Waals surface area contributed by atoms with Gasteiger partial charge in [0, 0.05) is 43.8 Å².